The van der Waals surface area contributed by atoms with Crippen LogP contribution in [0.25, 0.3) is 53.2 Å². The Kier molecular flexibility index (Phi) is 4.36. The lowest BCUT2D eigenvalue weighted by Gasteiger charge is -2.32. The van der Waals surface area contributed by atoms with Gasteiger partial charge < -0.3 is 13.7 Å². The molecule has 0 amide bonds. The van der Waals surface area contributed by atoms with E-state index in [4.69, 9.17) is 13.7 Å². The average Bonchev–Trinajstić information content (AvgIpc) is 3.46. The highest BCUT2D eigenvalue weighted by Crippen LogP contribution is 2.42. The number of thiophene rings is 1. The van der Waals surface area contributed by atoms with E-state index in [-0.39, 0.29) is 11.2 Å². The molecule has 0 unspecified atom stereocenters. The van der Waals surface area contributed by atoms with Crippen molar-refractivity contribution in [1.29, 1.82) is 0 Å². The van der Waals surface area contributed by atoms with Crippen molar-refractivity contribution < 1.29 is 13.7 Å². The molecule has 0 saturated carbocycles. The van der Waals surface area contributed by atoms with Gasteiger partial charge in [-0.1, -0.05) is 48.5 Å². The Labute approximate surface area is 208 Å². The highest BCUT2D eigenvalue weighted by atomic mass is 32.1. The van der Waals surface area contributed by atoms with Gasteiger partial charge in [0.25, 0.3) is 0 Å². The second-order valence-electron chi connectivity index (χ2n) is 10.4. The molecule has 0 N–H and O–H groups in total. The Morgan fingerprint density at radius 2 is 1.34 bits per heavy atom. The van der Waals surface area contributed by atoms with Gasteiger partial charge in [0.1, 0.15) is 11.2 Å². The maximum absolute atomic E-state index is 6.44. The third-order valence-electron chi connectivity index (χ3n) is 7.72. The van der Waals surface area contributed by atoms with Crippen molar-refractivity contribution >= 4 is 66.0 Å². The Morgan fingerprint density at radius 1 is 0.657 bits per heavy atom. The highest BCUT2D eigenvalue weighted by molar-refractivity contribution is 7.26. The molecule has 6 aromatic rings. The third-order valence-corrected chi connectivity index (χ3v) is 8.83. The summed E-state index contributed by atoms with van der Waals surface area (Å²) < 4.78 is 21.6. The Hall–Kier alpha value is -3.12. The first-order valence-electron chi connectivity index (χ1n) is 12.0. The molecule has 35 heavy (non-hydrogen) atoms. The lowest BCUT2D eigenvalue weighted by atomic mass is 9.77. The number of furan rings is 1. The number of hydrogen-bond donors (Lipinski definition) is 0. The van der Waals surface area contributed by atoms with Crippen LogP contribution in [-0.4, -0.2) is 18.3 Å². The molecule has 1 aliphatic rings. The van der Waals surface area contributed by atoms with Crippen molar-refractivity contribution in [2.75, 3.05) is 0 Å². The van der Waals surface area contributed by atoms with E-state index in [1.807, 2.05) is 23.5 Å². The lowest BCUT2D eigenvalue weighted by molar-refractivity contribution is 0.00578. The molecule has 0 radical (unpaired) electrons. The van der Waals surface area contributed by atoms with Crippen LogP contribution in [0, 0.1) is 0 Å². The van der Waals surface area contributed by atoms with E-state index < -0.39 is 7.12 Å². The van der Waals surface area contributed by atoms with Crippen LogP contribution in [-0.2, 0) is 9.31 Å². The van der Waals surface area contributed by atoms with Gasteiger partial charge in [-0.15, -0.1) is 11.3 Å². The summed E-state index contributed by atoms with van der Waals surface area (Å²) in [4.78, 5) is 0. The summed E-state index contributed by atoms with van der Waals surface area (Å²) in [5.41, 5.74) is 4.38. The number of para-hydroxylation sites is 1. The molecule has 3 nitrogen and oxygen atoms in total. The molecule has 1 aliphatic heterocycles. The number of fused-ring (bicyclic) bond motifs is 6. The topological polar surface area (TPSA) is 31.6 Å². The summed E-state index contributed by atoms with van der Waals surface area (Å²) >= 11 is 1.82. The summed E-state index contributed by atoms with van der Waals surface area (Å²) in [6.45, 7) is 8.39. The quantitative estimate of drug-likeness (QED) is 0.238. The molecule has 3 heterocycles. The molecule has 1 fully saturated rings. The van der Waals surface area contributed by atoms with Crippen LogP contribution >= 0.6 is 11.3 Å². The summed E-state index contributed by atoms with van der Waals surface area (Å²) in [5.74, 6) is 0. The lowest BCUT2D eigenvalue weighted by Crippen LogP contribution is -2.41. The van der Waals surface area contributed by atoms with E-state index >= 15 is 0 Å². The first-order chi connectivity index (χ1) is 16.8. The van der Waals surface area contributed by atoms with Gasteiger partial charge in [-0.05, 0) is 74.6 Å². The van der Waals surface area contributed by atoms with Crippen molar-refractivity contribution in [1.82, 2.24) is 0 Å². The zero-order chi connectivity index (χ0) is 23.9. The third kappa shape index (κ3) is 3.12. The summed E-state index contributed by atoms with van der Waals surface area (Å²) in [7, 11) is -0.414. The minimum Gasteiger partial charge on any atom is -0.456 e. The largest absolute Gasteiger partial charge is 0.494 e. The van der Waals surface area contributed by atoms with Crippen LogP contribution in [0.5, 0.6) is 0 Å². The fourth-order valence-electron chi connectivity index (χ4n) is 5.11. The van der Waals surface area contributed by atoms with E-state index in [0.717, 1.165) is 33.0 Å². The average molecular weight is 476 g/mol. The van der Waals surface area contributed by atoms with Crippen molar-refractivity contribution in [3.8, 4) is 11.1 Å². The van der Waals surface area contributed by atoms with Gasteiger partial charge in [0.2, 0.25) is 0 Å². The molecular weight excluding hydrogens is 451 g/mol. The van der Waals surface area contributed by atoms with Crippen LogP contribution in [0.15, 0.2) is 83.3 Å². The Bertz CT molecular complexity index is 1760. The molecule has 172 valence electrons. The normalized spacial score (nSPS) is 17.3. The van der Waals surface area contributed by atoms with Crippen LogP contribution in [0.1, 0.15) is 27.7 Å². The first-order valence-corrected chi connectivity index (χ1v) is 12.8. The van der Waals surface area contributed by atoms with Crippen LogP contribution in [0.2, 0.25) is 0 Å². The maximum atomic E-state index is 6.44. The fraction of sp³-hybridized carbons (Fsp3) is 0.200. The molecule has 0 spiro atoms. The number of benzene rings is 4. The van der Waals surface area contributed by atoms with E-state index in [2.05, 4.69) is 94.4 Å². The van der Waals surface area contributed by atoms with Gasteiger partial charge in [-0.3, -0.25) is 0 Å². The van der Waals surface area contributed by atoms with Gasteiger partial charge in [0.15, 0.2) is 0 Å². The summed E-state index contributed by atoms with van der Waals surface area (Å²) in [5, 5.41) is 4.82. The van der Waals surface area contributed by atoms with Gasteiger partial charge >= 0.3 is 7.12 Å². The molecule has 2 aromatic heterocycles. The number of hydrogen-bond acceptors (Lipinski definition) is 4. The van der Waals surface area contributed by atoms with Crippen LogP contribution < -0.4 is 5.46 Å². The maximum Gasteiger partial charge on any atom is 0.494 e. The first kappa shape index (κ1) is 21.2. The monoisotopic (exact) mass is 476 g/mol. The minimum atomic E-state index is -0.414. The standard InChI is InChI=1S/C30H25BO3S/c1-29(2)30(3,4)34-31(33-29)19-16-23(28-22-10-6-8-12-26(22)35-27(28)17-19)18-13-14-21-20-9-5-7-11-24(20)32-25(21)15-18/h5-17H,1-4H3. The van der Waals surface area contributed by atoms with Gasteiger partial charge in [0, 0.05) is 30.9 Å². The van der Waals surface area contributed by atoms with Crippen molar-refractivity contribution in [3.05, 3.63) is 78.9 Å². The molecule has 4 aromatic carbocycles. The Morgan fingerprint density at radius 3 is 2.14 bits per heavy atom. The van der Waals surface area contributed by atoms with Crippen molar-refractivity contribution in [2.45, 2.75) is 38.9 Å². The second-order valence-corrected chi connectivity index (χ2v) is 11.5. The highest BCUT2D eigenvalue weighted by Gasteiger charge is 2.51. The van der Waals surface area contributed by atoms with Crippen molar-refractivity contribution in [3.63, 3.8) is 0 Å². The molecular formula is C30H25BO3S. The SMILES string of the molecule is CC1(C)OB(c2cc(-c3ccc4c(c3)oc3ccccc34)c3c(c2)sc2ccccc23)OC1(C)C. The van der Waals surface area contributed by atoms with E-state index in [0.29, 0.717) is 0 Å². The summed E-state index contributed by atoms with van der Waals surface area (Å²) in [6, 6.07) is 27.9. The van der Waals surface area contributed by atoms with Crippen LogP contribution in [0.3, 0.4) is 0 Å². The molecule has 0 bridgehead atoms. The van der Waals surface area contributed by atoms with E-state index in [9.17, 15) is 0 Å². The predicted molar refractivity (Wildman–Crippen MR) is 148 cm³/mol. The Balaban J connectivity index is 1.48. The van der Waals surface area contributed by atoms with Crippen LogP contribution in [0.4, 0.5) is 0 Å². The van der Waals surface area contributed by atoms with E-state index in [1.54, 1.807) is 0 Å². The molecule has 5 heteroatoms. The molecule has 1 saturated heterocycles. The molecule has 0 aliphatic carbocycles. The second kappa shape index (κ2) is 7.20. The van der Waals surface area contributed by atoms with Gasteiger partial charge in [0.05, 0.1) is 11.2 Å². The smallest absolute Gasteiger partial charge is 0.456 e. The molecule has 0 atom stereocenters. The predicted octanol–water partition coefficient (Wildman–Crippen LogP) is 7.92. The van der Waals surface area contributed by atoms with Gasteiger partial charge in [-0.25, -0.2) is 0 Å². The zero-order valence-corrected chi connectivity index (χ0v) is 21.0. The van der Waals surface area contributed by atoms with Crippen molar-refractivity contribution in [2.24, 2.45) is 0 Å². The van der Waals surface area contributed by atoms with Gasteiger partial charge in [-0.2, -0.15) is 0 Å². The zero-order valence-electron chi connectivity index (χ0n) is 20.2. The minimum absolute atomic E-state index is 0.389. The summed E-state index contributed by atoms with van der Waals surface area (Å²) in [6.07, 6.45) is 0. The van der Waals surface area contributed by atoms with E-state index in [1.165, 1.54) is 25.7 Å². The molecule has 7 rings (SSSR count). The fourth-order valence-corrected chi connectivity index (χ4v) is 6.29. The number of rotatable bonds is 2.